The molecular weight excluding hydrogens is 206 g/mol. The zero-order valence-corrected chi connectivity index (χ0v) is 9.53. The number of H-pyrrole nitrogens is 1. The van der Waals surface area contributed by atoms with Crippen LogP contribution in [0, 0.1) is 5.92 Å². The van der Waals surface area contributed by atoms with Crippen molar-refractivity contribution in [1.29, 1.82) is 0 Å². The standard InChI is InChI=1S/C10H17N5O/c1-6-3-4-11-8(6)10(16)14-7(2)9-12-5-13-15-9/h5-8,11H,3-4H2,1-2H3,(H,14,16)(H,12,13,15). The number of nitrogens with one attached hydrogen (secondary N) is 3. The third-order valence-electron chi connectivity index (χ3n) is 3.02. The summed E-state index contributed by atoms with van der Waals surface area (Å²) in [5.74, 6) is 1.11. The molecule has 1 aliphatic rings. The van der Waals surface area contributed by atoms with Gasteiger partial charge in [0.05, 0.1) is 12.1 Å². The molecule has 0 aromatic carbocycles. The largest absolute Gasteiger partial charge is 0.345 e. The van der Waals surface area contributed by atoms with Gasteiger partial charge in [-0.3, -0.25) is 9.89 Å². The number of amides is 1. The van der Waals surface area contributed by atoms with Crippen LogP contribution in [-0.4, -0.2) is 33.7 Å². The van der Waals surface area contributed by atoms with Crippen molar-refractivity contribution in [2.75, 3.05) is 6.54 Å². The van der Waals surface area contributed by atoms with Crippen molar-refractivity contribution in [2.24, 2.45) is 5.92 Å². The fraction of sp³-hybridized carbons (Fsp3) is 0.700. The van der Waals surface area contributed by atoms with E-state index in [1.165, 1.54) is 6.33 Å². The van der Waals surface area contributed by atoms with Crippen molar-refractivity contribution >= 4 is 5.91 Å². The average Bonchev–Trinajstić information content (AvgIpc) is 2.86. The number of rotatable bonds is 3. The van der Waals surface area contributed by atoms with Crippen molar-refractivity contribution in [3.05, 3.63) is 12.2 Å². The molecule has 1 aromatic rings. The van der Waals surface area contributed by atoms with Gasteiger partial charge in [-0.25, -0.2) is 4.98 Å². The zero-order chi connectivity index (χ0) is 11.5. The zero-order valence-electron chi connectivity index (χ0n) is 9.53. The maximum Gasteiger partial charge on any atom is 0.237 e. The number of carbonyl (C=O) groups excluding carboxylic acids is 1. The van der Waals surface area contributed by atoms with E-state index in [2.05, 4.69) is 32.7 Å². The Morgan fingerprint density at radius 3 is 3.06 bits per heavy atom. The number of carbonyl (C=O) groups is 1. The molecule has 3 N–H and O–H groups in total. The summed E-state index contributed by atoms with van der Waals surface area (Å²) in [5.41, 5.74) is 0. The van der Waals surface area contributed by atoms with Gasteiger partial charge in [-0.05, 0) is 25.8 Å². The molecule has 0 radical (unpaired) electrons. The fourth-order valence-electron chi connectivity index (χ4n) is 1.98. The molecule has 1 aromatic heterocycles. The highest BCUT2D eigenvalue weighted by molar-refractivity contribution is 5.82. The van der Waals surface area contributed by atoms with Crippen LogP contribution >= 0.6 is 0 Å². The van der Waals surface area contributed by atoms with E-state index in [0.717, 1.165) is 13.0 Å². The van der Waals surface area contributed by atoms with Gasteiger partial charge in [-0.15, -0.1) is 0 Å². The Balaban J connectivity index is 1.92. The van der Waals surface area contributed by atoms with Crippen LogP contribution in [0.3, 0.4) is 0 Å². The van der Waals surface area contributed by atoms with E-state index >= 15 is 0 Å². The highest BCUT2D eigenvalue weighted by atomic mass is 16.2. The molecule has 1 saturated heterocycles. The third-order valence-corrected chi connectivity index (χ3v) is 3.02. The summed E-state index contributed by atoms with van der Waals surface area (Å²) < 4.78 is 0. The van der Waals surface area contributed by atoms with Crippen LogP contribution in [0.15, 0.2) is 6.33 Å². The minimum absolute atomic E-state index is 0.0360. The second-order valence-corrected chi connectivity index (χ2v) is 4.30. The van der Waals surface area contributed by atoms with E-state index in [1.807, 2.05) is 6.92 Å². The molecule has 0 bridgehead atoms. The van der Waals surface area contributed by atoms with E-state index in [-0.39, 0.29) is 18.0 Å². The number of hydrogen-bond donors (Lipinski definition) is 3. The Labute approximate surface area is 94.2 Å². The van der Waals surface area contributed by atoms with Crippen LogP contribution in [-0.2, 0) is 4.79 Å². The smallest absolute Gasteiger partial charge is 0.237 e. The first-order chi connectivity index (χ1) is 7.68. The summed E-state index contributed by atoms with van der Waals surface area (Å²) in [6.07, 6.45) is 2.49. The molecule has 0 aliphatic carbocycles. The molecule has 1 fully saturated rings. The Bertz CT molecular complexity index is 350. The molecule has 3 atom stereocenters. The summed E-state index contributed by atoms with van der Waals surface area (Å²) in [5, 5.41) is 12.6. The molecule has 0 saturated carbocycles. The normalized spacial score (nSPS) is 26.6. The number of aromatic nitrogens is 3. The molecule has 16 heavy (non-hydrogen) atoms. The summed E-state index contributed by atoms with van der Waals surface area (Å²) >= 11 is 0. The molecule has 3 unspecified atom stereocenters. The van der Waals surface area contributed by atoms with Gasteiger partial charge in [0.2, 0.25) is 5.91 Å². The van der Waals surface area contributed by atoms with Gasteiger partial charge < -0.3 is 10.6 Å². The molecule has 6 heteroatoms. The molecule has 0 spiro atoms. The second kappa shape index (κ2) is 4.61. The van der Waals surface area contributed by atoms with Crippen molar-refractivity contribution in [2.45, 2.75) is 32.4 Å². The van der Waals surface area contributed by atoms with Crippen LogP contribution in [0.5, 0.6) is 0 Å². The highest BCUT2D eigenvalue weighted by Crippen LogP contribution is 2.15. The van der Waals surface area contributed by atoms with Gasteiger partial charge in [0.1, 0.15) is 12.2 Å². The summed E-state index contributed by atoms with van der Waals surface area (Å²) in [4.78, 5) is 15.9. The lowest BCUT2D eigenvalue weighted by Gasteiger charge is -2.18. The number of aromatic amines is 1. The van der Waals surface area contributed by atoms with Crippen LogP contribution in [0.4, 0.5) is 0 Å². The minimum Gasteiger partial charge on any atom is -0.345 e. The Morgan fingerprint density at radius 1 is 1.69 bits per heavy atom. The highest BCUT2D eigenvalue weighted by Gasteiger charge is 2.30. The molecular formula is C10H17N5O. The third kappa shape index (κ3) is 2.21. The first-order valence-electron chi connectivity index (χ1n) is 5.57. The number of nitrogens with zero attached hydrogens (tertiary/aromatic N) is 2. The quantitative estimate of drug-likeness (QED) is 0.672. The lowest BCUT2D eigenvalue weighted by atomic mass is 10.0. The molecule has 6 nitrogen and oxygen atoms in total. The monoisotopic (exact) mass is 223 g/mol. The van der Waals surface area contributed by atoms with E-state index in [0.29, 0.717) is 11.7 Å². The molecule has 88 valence electrons. The molecule has 2 rings (SSSR count). The van der Waals surface area contributed by atoms with Crippen molar-refractivity contribution in [1.82, 2.24) is 25.8 Å². The number of hydrogen-bond acceptors (Lipinski definition) is 4. The Hall–Kier alpha value is -1.43. The maximum atomic E-state index is 11.9. The first kappa shape index (κ1) is 11.1. The Kier molecular flexibility index (Phi) is 3.19. The second-order valence-electron chi connectivity index (χ2n) is 4.30. The minimum atomic E-state index is -0.135. The van der Waals surface area contributed by atoms with E-state index < -0.39 is 0 Å². The molecule has 2 heterocycles. The lowest BCUT2D eigenvalue weighted by Crippen LogP contribution is -2.44. The van der Waals surface area contributed by atoms with Crippen LogP contribution < -0.4 is 10.6 Å². The van der Waals surface area contributed by atoms with E-state index in [9.17, 15) is 4.79 Å². The van der Waals surface area contributed by atoms with Crippen LogP contribution in [0.2, 0.25) is 0 Å². The molecule has 1 aliphatic heterocycles. The first-order valence-corrected chi connectivity index (χ1v) is 5.57. The van der Waals surface area contributed by atoms with E-state index in [4.69, 9.17) is 0 Å². The predicted octanol–water partition coefficient (Wildman–Crippen LogP) is -0.0201. The van der Waals surface area contributed by atoms with Crippen molar-refractivity contribution < 1.29 is 4.79 Å². The Morgan fingerprint density at radius 2 is 2.50 bits per heavy atom. The SMILES string of the molecule is CC(NC(=O)C1NCCC1C)c1ncn[nH]1. The van der Waals surface area contributed by atoms with Gasteiger partial charge in [0.25, 0.3) is 0 Å². The molecule has 1 amide bonds. The van der Waals surface area contributed by atoms with Gasteiger partial charge in [0, 0.05) is 0 Å². The van der Waals surface area contributed by atoms with Crippen LogP contribution in [0.25, 0.3) is 0 Å². The van der Waals surface area contributed by atoms with E-state index in [1.54, 1.807) is 0 Å². The van der Waals surface area contributed by atoms with Gasteiger partial charge in [0.15, 0.2) is 0 Å². The summed E-state index contributed by atoms with van der Waals surface area (Å²) in [6, 6.07) is -0.213. The average molecular weight is 223 g/mol. The van der Waals surface area contributed by atoms with Gasteiger partial charge in [-0.2, -0.15) is 5.10 Å². The van der Waals surface area contributed by atoms with Crippen LogP contribution in [0.1, 0.15) is 32.1 Å². The summed E-state index contributed by atoms with van der Waals surface area (Å²) in [7, 11) is 0. The maximum absolute atomic E-state index is 11.9. The topological polar surface area (TPSA) is 82.7 Å². The van der Waals surface area contributed by atoms with Gasteiger partial charge >= 0.3 is 0 Å². The summed E-state index contributed by atoms with van der Waals surface area (Å²) in [6.45, 7) is 4.89. The predicted molar refractivity (Wildman–Crippen MR) is 58.5 cm³/mol. The van der Waals surface area contributed by atoms with Gasteiger partial charge in [-0.1, -0.05) is 6.92 Å². The van der Waals surface area contributed by atoms with Crippen molar-refractivity contribution in [3.8, 4) is 0 Å². The fourth-order valence-corrected chi connectivity index (χ4v) is 1.98. The lowest BCUT2D eigenvalue weighted by molar-refractivity contribution is -0.124. The van der Waals surface area contributed by atoms with Crippen molar-refractivity contribution in [3.63, 3.8) is 0 Å².